The van der Waals surface area contributed by atoms with E-state index in [1.807, 2.05) is 61.6 Å². The maximum Gasteiger partial charge on any atom is 0.246 e. The summed E-state index contributed by atoms with van der Waals surface area (Å²) in [5.74, 6) is -0.0114. The third-order valence-corrected chi connectivity index (χ3v) is 5.64. The zero-order valence-electron chi connectivity index (χ0n) is 16.6. The zero-order valence-corrected chi connectivity index (χ0v) is 18.1. The van der Waals surface area contributed by atoms with Crippen molar-refractivity contribution in [3.8, 4) is 0 Å². The van der Waals surface area contributed by atoms with Gasteiger partial charge in [0.05, 0.1) is 24.4 Å². The summed E-state index contributed by atoms with van der Waals surface area (Å²) in [6.45, 7) is 9.57. The first-order chi connectivity index (χ1) is 13.3. The van der Waals surface area contributed by atoms with Gasteiger partial charge in [0.2, 0.25) is 5.91 Å². The number of aromatic nitrogens is 2. The molecule has 0 N–H and O–H groups in total. The van der Waals surface area contributed by atoms with Crippen LogP contribution in [0.5, 0.6) is 0 Å². The van der Waals surface area contributed by atoms with Gasteiger partial charge in [0.1, 0.15) is 0 Å². The fraction of sp³-hybridized carbons (Fsp3) is 0.429. The fourth-order valence-corrected chi connectivity index (χ4v) is 4.07. The Kier molecular flexibility index (Phi) is 6.48. The molecular weight excluding hydrogens is 397 g/mol. The van der Waals surface area contributed by atoms with Crippen LogP contribution in [0.4, 0.5) is 0 Å². The number of ether oxygens (including phenoxy) is 1. The third kappa shape index (κ3) is 4.59. The Bertz CT molecular complexity index is 877. The van der Waals surface area contributed by atoms with Crippen LogP contribution >= 0.6 is 23.2 Å². The number of morpholine rings is 1. The normalized spacial score (nSPS) is 20.1. The molecule has 1 aliphatic rings. The molecule has 5 nitrogen and oxygen atoms in total. The smallest absolute Gasteiger partial charge is 0.246 e. The molecule has 0 bridgehead atoms. The fourth-order valence-electron chi connectivity index (χ4n) is 3.56. The standard InChI is InChI=1S/C21H25Cl2N3O2/c1-13-10-25(11-14(2)28-13)21(27)9-8-17-15(3)24-26(16(17)4)12-18-19(22)6-5-7-20(18)23/h5-9,13-14H,10-12H2,1-4H3. The average Bonchev–Trinajstić information content (AvgIpc) is 2.88. The molecule has 7 heteroatoms. The predicted octanol–water partition coefficient (Wildman–Crippen LogP) is 4.50. The molecule has 1 amide bonds. The number of hydrogen-bond donors (Lipinski definition) is 0. The van der Waals surface area contributed by atoms with Gasteiger partial charge in [-0.05, 0) is 45.9 Å². The van der Waals surface area contributed by atoms with Crippen molar-refractivity contribution in [1.29, 1.82) is 0 Å². The average molecular weight is 422 g/mol. The maximum absolute atomic E-state index is 12.6. The minimum Gasteiger partial charge on any atom is -0.372 e. The van der Waals surface area contributed by atoms with Gasteiger partial charge in [0.15, 0.2) is 0 Å². The molecular formula is C21H25Cl2N3O2. The van der Waals surface area contributed by atoms with Gasteiger partial charge in [-0.15, -0.1) is 0 Å². The quantitative estimate of drug-likeness (QED) is 0.682. The summed E-state index contributed by atoms with van der Waals surface area (Å²) in [5.41, 5.74) is 3.58. The van der Waals surface area contributed by atoms with E-state index in [0.717, 1.165) is 22.5 Å². The van der Waals surface area contributed by atoms with Crippen LogP contribution in [0.25, 0.3) is 6.08 Å². The van der Waals surface area contributed by atoms with E-state index in [0.29, 0.717) is 29.7 Å². The van der Waals surface area contributed by atoms with Crippen molar-refractivity contribution in [2.24, 2.45) is 0 Å². The molecule has 2 heterocycles. The van der Waals surface area contributed by atoms with Gasteiger partial charge in [-0.1, -0.05) is 29.3 Å². The summed E-state index contributed by atoms with van der Waals surface area (Å²) in [6, 6.07) is 5.46. The van der Waals surface area contributed by atoms with Crippen LogP contribution in [0.1, 0.15) is 36.4 Å². The van der Waals surface area contributed by atoms with E-state index in [9.17, 15) is 4.79 Å². The van der Waals surface area contributed by atoms with Crippen molar-refractivity contribution in [2.75, 3.05) is 13.1 Å². The Labute approximate surface area is 175 Å². The van der Waals surface area contributed by atoms with Crippen LogP contribution < -0.4 is 0 Å². The molecule has 0 aliphatic carbocycles. The Morgan fingerprint density at radius 3 is 2.43 bits per heavy atom. The molecule has 1 fully saturated rings. The van der Waals surface area contributed by atoms with Crippen molar-refractivity contribution in [3.05, 3.63) is 56.8 Å². The number of nitrogens with zero attached hydrogens (tertiary/aromatic N) is 3. The van der Waals surface area contributed by atoms with Crippen molar-refractivity contribution in [1.82, 2.24) is 14.7 Å². The highest BCUT2D eigenvalue weighted by molar-refractivity contribution is 6.35. The summed E-state index contributed by atoms with van der Waals surface area (Å²) >= 11 is 12.6. The summed E-state index contributed by atoms with van der Waals surface area (Å²) in [6.07, 6.45) is 3.56. The SMILES string of the molecule is Cc1nn(Cc2c(Cl)cccc2Cl)c(C)c1C=CC(=O)N1CC(C)OC(C)C1. The van der Waals surface area contributed by atoms with Gasteiger partial charge in [0, 0.05) is 46.0 Å². The largest absolute Gasteiger partial charge is 0.372 e. The molecule has 1 saturated heterocycles. The predicted molar refractivity (Wildman–Crippen MR) is 113 cm³/mol. The van der Waals surface area contributed by atoms with Gasteiger partial charge in [-0.3, -0.25) is 9.48 Å². The van der Waals surface area contributed by atoms with Crippen molar-refractivity contribution < 1.29 is 9.53 Å². The molecule has 2 aromatic rings. The number of carbonyl (C=O) groups is 1. The minimum atomic E-state index is -0.0114. The van der Waals surface area contributed by atoms with Crippen LogP contribution in [-0.4, -0.2) is 45.9 Å². The number of amides is 1. The van der Waals surface area contributed by atoms with Crippen LogP contribution in [0.3, 0.4) is 0 Å². The number of aryl methyl sites for hydroxylation is 1. The van der Waals surface area contributed by atoms with E-state index in [4.69, 9.17) is 27.9 Å². The van der Waals surface area contributed by atoms with Crippen molar-refractivity contribution >= 4 is 35.2 Å². The number of carbonyl (C=O) groups excluding carboxylic acids is 1. The van der Waals surface area contributed by atoms with Crippen LogP contribution in [0, 0.1) is 13.8 Å². The molecule has 0 spiro atoms. The van der Waals surface area contributed by atoms with Gasteiger partial charge in [0.25, 0.3) is 0 Å². The van der Waals surface area contributed by atoms with E-state index in [1.165, 1.54) is 0 Å². The topological polar surface area (TPSA) is 47.4 Å². The van der Waals surface area contributed by atoms with E-state index in [1.54, 1.807) is 6.08 Å². The molecule has 2 unspecified atom stereocenters. The molecule has 3 rings (SSSR count). The first-order valence-corrected chi connectivity index (χ1v) is 10.1. The first kappa shape index (κ1) is 20.9. The van der Waals surface area contributed by atoms with Gasteiger partial charge in [-0.25, -0.2) is 0 Å². The number of halogens is 2. The second-order valence-electron chi connectivity index (χ2n) is 7.28. The Morgan fingerprint density at radius 1 is 1.21 bits per heavy atom. The van der Waals surface area contributed by atoms with Gasteiger partial charge in [-0.2, -0.15) is 5.10 Å². The highest BCUT2D eigenvalue weighted by atomic mass is 35.5. The summed E-state index contributed by atoms with van der Waals surface area (Å²) in [7, 11) is 0. The lowest BCUT2D eigenvalue weighted by molar-refractivity contribution is -0.137. The van der Waals surface area contributed by atoms with E-state index in [-0.39, 0.29) is 18.1 Å². The van der Waals surface area contributed by atoms with Crippen molar-refractivity contribution in [2.45, 2.75) is 46.4 Å². The van der Waals surface area contributed by atoms with Crippen molar-refractivity contribution in [3.63, 3.8) is 0 Å². The van der Waals surface area contributed by atoms with Gasteiger partial charge < -0.3 is 9.64 Å². The van der Waals surface area contributed by atoms with E-state index in [2.05, 4.69) is 5.10 Å². The summed E-state index contributed by atoms with van der Waals surface area (Å²) < 4.78 is 7.56. The molecule has 1 aliphatic heterocycles. The monoisotopic (exact) mass is 421 g/mol. The molecule has 0 saturated carbocycles. The summed E-state index contributed by atoms with van der Waals surface area (Å²) in [5, 5.41) is 5.83. The number of rotatable bonds is 4. The molecule has 1 aromatic carbocycles. The molecule has 2 atom stereocenters. The lowest BCUT2D eigenvalue weighted by Gasteiger charge is -2.34. The number of benzene rings is 1. The third-order valence-electron chi connectivity index (χ3n) is 4.93. The minimum absolute atomic E-state index is 0.0114. The van der Waals surface area contributed by atoms with E-state index < -0.39 is 0 Å². The maximum atomic E-state index is 12.6. The highest BCUT2D eigenvalue weighted by Crippen LogP contribution is 2.26. The van der Waals surface area contributed by atoms with Crippen LogP contribution in [-0.2, 0) is 16.1 Å². The molecule has 28 heavy (non-hydrogen) atoms. The Balaban J connectivity index is 1.78. The van der Waals surface area contributed by atoms with Gasteiger partial charge >= 0.3 is 0 Å². The second-order valence-corrected chi connectivity index (χ2v) is 8.09. The lowest BCUT2D eigenvalue weighted by atomic mass is 10.1. The van der Waals surface area contributed by atoms with Crippen LogP contribution in [0.15, 0.2) is 24.3 Å². The Hall–Kier alpha value is -1.82. The lowest BCUT2D eigenvalue weighted by Crippen LogP contribution is -2.47. The molecule has 150 valence electrons. The zero-order chi connectivity index (χ0) is 20.4. The Morgan fingerprint density at radius 2 is 1.82 bits per heavy atom. The number of hydrogen-bond acceptors (Lipinski definition) is 3. The molecule has 1 aromatic heterocycles. The van der Waals surface area contributed by atoms with Crippen LogP contribution in [0.2, 0.25) is 10.0 Å². The highest BCUT2D eigenvalue weighted by Gasteiger charge is 2.24. The van der Waals surface area contributed by atoms with E-state index >= 15 is 0 Å². The first-order valence-electron chi connectivity index (χ1n) is 9.35. The second kappa shape index (κ2) is 8.68. The summed E-state index contributed by atoms with van der Waals surface area (Å²) in [4.78, 5) is 14.4. The molecule has 0 radical (unpaired) electrons.